The molecule has 0 N–H and O–H groups in total. The lowest BCUT2D eigenvalue weighted by Crippen LogP contribution is -2.01. The zero-order valence-corrected chi connectivity index (χ0v) is 13.1. The zero-order chi connectivity index (χ0) is 16.4. The summed E-state index contributed by atoms with van der Waals surface area (Å²) in [6, 6.07) is 24.6. The Labute approximate surface area is 140 Å². The molecule has 0 atom stereocenters. The van der Waals surface area contributed by atoms with Gasteiger partial charge in [0.25, 0.3) is 0 Å². The minimum Gasteiger partial charge on any atom is -0.326 e. The fraction of sp³-hybridized carbons (Fsp3) is 0.0476. The molecule has 0 unspecified atom stereocenters. The van der Waals surface area contributed by atoms with Crippen LogP contribution in [0.2, 0.25) is 0 Å². The van der Waals surface area contributed by atoms with Gasteiger partial charge in [-0.3, -0.25) is 4.79 Å². The second-order valence-corrected chi connectivity index (χ2v) is 5.74. The smallest absolute Gasteiger partial charge is 0.170 e. The highest BCUT2D eigenvalue weighted by Crippen LogP contribution is 2.23. The number of carbonyl (C=O) groups is 1. The van der Waals surface area contributed by atoms with Crippen LogP contribution in [0, 0.1) is 0 Å². The Balaban J connectivity index is 1.82. The Morgan fingerprint density at radius 1 is 0.875 bits per heavy atom. The standard InChI is InChI=1S/C21H16N2O/c24-15-19-14-23(21(22-19)17-8-2-1-3-9-17)13-18-11-6-10-16-7-4-5-12-20(16)18/h1-12,14-15H,13H2. The van der Waals surface area contributed by atoms with Crippen LogP contribution in [-0.2, 0) is 6.54 Å². The Bertz CT molecular complexity index is 997. The lowest BCUT2D eigenvalue weighted by Gasteiger charge is -2.10. The minimum atomic E-state index is 0.453. The van der Waals surface area contributed by atoms with Crippen LogP contribution in [0.1, 0.15) is 16.1 Å². The SMILES string of the molecule is O=Cc1cn(Cc2cccc3ccccc23)c(-c2ccccc2)n1. The third-order valence-corrected chi connectivity index (χ3v) is 4.17. The summed E-state index contributed by atoms with van der Waals surface area (Å²) in [7, 11) is 0. The number of hydrogen-bond donors (Lipinski definition) is 0. The third-order valence-electron chi connectivity index (χ3n) is 4.17. The molecule has 0 aliphatic carbocycles. The number of hydrogen-bond acceptors (Lipinski definition) is 2. The minimum absolute atomic E-state index is 0.453. The molecule has 1 aromatic heterocycles. The van der Waals surface area contributed by atoms with Crippen LogP contribution in [0.3, 0.4) is 0 Å². The maximum Gasteiger partial charge on any atom is 0.170 e. The second kappa shape index (κ2) is 6.13. The van der Waals surface area contributed by atoms with Crippen molar-refractivity contribution >= 4 is 17.1 Å². The predicted octanol–water partition coefficient (Wildman–Crippen LogP) is 4.56. The molecule has 24 heavy (non-hydrogen) atoms. The number of imidazole rings is 1. The number of rotatable bonds is 4. The molecule has 3 aromatic carbocycles. The Kier molecular flexibility index (Phi) is 3.67. The normalized spacial score (nSPS) is 10.8. The van der Waals surface area contributed by atoms with E-state index in [1.807, 2.05) is 47.2 Å². The molecular formula is C21H16N2O. The van der Waals surface area contributed by atoms with Gasteiger partial charge in [0.1, 0.15) is 11.5 Å². The highest BCUT2D eigenvalue weighted by molar-refractivity contribution is 5.85. The second-order valence-electron chi connectivity index (χ2n) is 5.74. The highest BCUT2D eigenvalue weighted by atomic mass is 16.1. The van der Waals surface area contributed by atoms with Gasteiger partial charge >= 0.3 is 0 Å². The van der Waals surface area contributed by atoms with Gasteiger partial charge in [0.2, 0.25) is 0 Å². The quantitative estimate of drug-likeness (QED) is 0.518. The van der Waals surface area contributed by atoms with Gasteiger partial charge in [0, 0.05) is 18.3 Å². The molecule has 3 heteroatoms. The molecule has 0 radical (unpaired) electrons. The molecule has 0 aliphatic heterocycles. The van der Waals surface area contributed by atoms with Crippen molar-refractivity contribution in [2.45, 2.75) is 6.54 Å². The molecule has 3 nitrogen and oxygen atoms in total. The van der Waals surface area contributed by atoms with Gasteiger partial charge in [-0.15, -0.1) is 0 Å². The average Bonchev–Trinajstić information content (AvgIpc) is 3.06. The van der Waals surface area contributed by atoms with Crippen LogP contribution in [0.4, 0.5) is 0 Å². The topological polar surface area (TPSA) is 34.9 Å². The summed E-state index contributed by atoms with van der Waals surface area (Å²) in [5, 5.41) is 2.44. The summed E-state index contributed by atoms with van der Waals surface area (Å²) >= 11 is 0. The van der Waals surface area contributed by atoms with Crippen molar-refractivity contribution in [3.8, 4) is 11.4 Å². The lowest BCUT2D eigenvalue weighted by molar-refractivity contribution is 0.111. The number of aldehydes is 1. The number of benzene rings is 3. The predicted molar refractivity (Wildman–Crippen MR) is 96.1 cm³/mol. The maximum absolute atomic E-state index is 11.2. The fourth-order valence-corrected chi connectivity index (χ4v) is 3.04. The summed E-state index contributed by atoms with van der Waals surface area (Å²) < 4.78 is 2.04. The molecule has 4 aromatic rings. The van der Waals surface area contributed by atoms with Crippen molar-refractivity contribution in [2.75, 3.05) is 0 Å². The Morgan fingerprint density at radius 3 is 2.46 bits per heavy atom. The third kappa shape index (κ3) is 2.61. The zero-order valence-electron chi connectivity index (χ0n) is 13.1. The summed E-state index contributed by atoms with van der Waals surface area (Å²) in [5.74, 6) is 0.811. The number of carbonyl (C=O) groups excluding carboxylic acids is 1. The summed E-state index contributed by atoms with van der Waals surface area (Å²) in [6.45, 7) is 0.673. The largest absolute Gasteiger partial charge is 0.326 e. The van der Waals surface area contributed by atoms with Gasteiger partial charge in [-0.25, -0.2) is 4.98 Å². The van der Waals surface area contributed by atoms with Crippen LogP contribution in [0.15, 0.2) is 79.0 Å². The van der Waals surface area contributed by atoms with Crippen molar-refractivity contribution in [2.24, 2.45) is 0 Å². The molecule has 0 bridgehead atoms. The van der Waals surface area contributed by atoms with E-state index in [1.54, 1.807) is 0 Å². The van der Waals surface area contributed by atoms with Crippen LogP contribution in [0.5, 0.6) is 0 Å². The molecule has 0 aliphatic rings. The molecule has 0 amide bonds. The lowest BCUT2D eigenvalue weighted by atomic mass is 10.0. The highest BCUT2D eigenvalue weighted by Gasteiger charge is 2.11. The summed E-state index contributed by atoms with van der Waals surface area (Å²) in [4.78, 5) is 15.7. The molecule has 0 saturated carbocycles. The molecule has 0 spiro atoms. The van der Waals surface area contributed by atoms with E-state index in [4.69, 9.17) is 0 Å². The van der Waals surface area contributed by atoms with E-state index < -0.39 is 0 Å². The Morgan fingerprint density at radius 2 is 1.62 bits per heavy atom. The first kappa shape index (κ1) is 14.4. The average molecular weight is 312 g/mol. The van der Waals surface area contributed by atoms with Crippen molar-refractivity contribution < 1.29 is 4.79 Å². The monoisotopic (exact) mass is 312 g/mol. The molecule has 116 valence electrons. The van der Waals surface area contributed by atoms with E-state index in [1.165, 1.54) is 16.3 Å². The fourth-order valence-electron chi connectivity index (χ4n) is 3.04. The van der Waals surface area contributed by atoms with E-state index in [-0.39, 0.29) is 0 Å². The van der Waals surface area contributed by atoms with Crippen molar-refractivity contribution in [1.29, 1.82) is 0 Å². The first-order chi connectivity index (χ1) is 11.8. The van der Waals surface area contributed by atoms with Gasteiger partial charge in [-0.1, -0.05) is 72.8 Å². The van der Waals surface area contributed by atoms with Crippen LogP contribution in [-0.4, -0.2) is 15.8 Å². The van der Waals surface area contributed by atoms with E-state index in [0.717, 1.165) is 17.7 Å². The first-order valence-electron chi connectivity index (χ1n) is 7.89. The number of nitrogens with zero attached hydrogens (tertiary/aromatic N) is 2. The van der Waals surface area contributed by atoms with E-state index >= 15 is 0 Å². The number of fused-ring (bicyclic) bond motifs is 1. The van der Waals surface area contributed by atoms with Gasteiger partial charge < -0.3 is 4.57 Å². The van der Waals surface area contributed by atoms with E-state index in [2.05, 4.69) is 41.4 Å². The van der Waals surface area contributed by atoms with E-state index in [9.17, 15) is 4.79 Å². The van der Waals surface area contributed by atoms with Gasteiger partial charge in [-0.2, -0.15) is 0 Å². The number of aromatic nitrogens is 2. The van der Waals surface area contributed by atoms with Gasteiger partial charge in [0.05, 0.1) is 0 Å². The van der Waals surface area contributed by atoms with Crippen LogP contribution >= 0.6 is 0 Å². The van der Waals surface area contributed by atoms with Crippen molar-refractivity contribution in [3.63, 3.8) is 0 Å². The van der Waals surface area contributed by atoms with Crippen LogP contribution < -0.4 is 0 Å². The molecule has 4 rings (SSSR count). The first-order valence-corrected chi connectivity index (χ1v) is 7.89. The van der Waals surface area contributed by atoms with Crippen molar-refractivity contribution in [1.82, 2.24) is 9.55 Å². The van der Waals surface area contributed by atoms with Gasteiger partial charge in [0.15, 0.2) is 6.29 Å². The van der Waals surface area contributed by atoms with E-state index in [0.29, 0.717) is 12.2 Å². The maximum atomic E-state index is 11.2. The molecular weight excluding hydrogens is 296 g/mol. The van der Waals surface area contributed by atoms with Gasteiger partial charge in [-0.05, 0) is 16.3 Å². The Hall–Kier alpha value is -3.20. The van der Waals surface area contributed by atoms with Crippen LogP contribution in [0.25, 0.3) is 22.2 Å². The molecule has 0 fully saturated rings. The molecule has 0 saturated heterocycles. The van der Waals surface area contributed by atoms with Crippen molar-refractivity contribution in [3.05, 3.63) is 90.3 Å². The molecule has 1 heterocycles. The summed E-state index contributed by atoms with van der Waals surface area (Å²) in [6.07, 6.45) is 2.61. The summed E-state index contributed by atoms with van der Waals surface area (Å²) in [5.41, 5.74) is 2.67.